The Hall–Kier alpha value is -0.160. The van der Waals surface area contributed by atoms with Crippen LogP contribution < -0.4 is 5.32 Å². The summed E-state index contributed by atoms with van der Waals surface area (Å²) in [5.74, 6) is 0. The molecule has 1 aliphatic carbocycles. The van der Waals surface area contributed by atoms with Crippen LogP contribution >= 0.6 is 0 Å². The molecule has 0 aromatic carbocycles. The van der Waals surface area contributed by atoms with Gasteiger partial charge in [0.25, 0.3) is 0 Å². The summed E-state index contributed by atoms with van der Waals surface area (Å²) in [7, 11) is 0. The highest BCUT2D eigenvalue weighted by Crippen LogP contribution is 2.22. The second kappa shape index (κ2) is 6.53. The van der Waals surface area contributed by atoms with E-state index < -0.39 is 0 Å². The Morgan fingerprint density at radius 2 is 2.11 bits per heavy atom. The zero-order valence-electron chi connectivity index (χ0n) is 12.3. The normalized spacial score (nSPS) is 33.9. The zero-order valence-corrected chi connectivity index (χ0v) is 12.3. The Morgan fingerprint density at radius 3 is 2.89 bits per heavy atom. The number of morpholine rings is 1. The second-order valence-electron chi connectivity index (χ2n) is 6.36. The summed E-state index contributed by atoms with van der Waals surface area (Å²) in [5, 5.41) is 3.69. The number of likely N-dealkylation sites (tertiary alicyclic amines) is 1. The van der Waals surface area contributed by atoms with Gasteiger partial charge in [0.2, 0.25) is 0 Å². The molecule has 2 atom stereocenters. The van der Waals surface area contributed by atoms with Crippen molar-refractivity contribution in [1.29, 1.82) is 0 Å². The number of hydrogen-bond acceptors (Lipinski definition) is 4. The van der Waals surface area contributed by atoms with Crippen LogP contribution in [0.1, 0.15) is 32.6 Å². The van der Waals surface area contributed by atoms with E-state index in [1.54, 1.807) is 0 Å². The maximum absolute atomic E-state index is 5.95. The Bertz CT molecular complexity index is 283. The third kappa shape index (κ3) is 3.91. The molecule has 0 aromatic heterocycles. The number of hydrogen-bond donors (Lipinski definition) is 1. The van der Waals surface area contributed by atoms with E-state index in [0.29, 0.717) is 6.10 Å². The average Bonchev–Trinajstić information content (AvgIpc) is 3.17. The Balaban J connectivity index is 1.44. The molecule has 0 radical (unpaired) electrons. The SMILES string of the molecule is CCN1CCOC(CN2CCCC2CNC2CC2)C1. The number of ether oxygens (including phenoxy) is 1. The van der Waals surface area contributed by atoms with Crippen molar-refractivity contribution in [3.63, 3.8) is 0 Å². The number of nitrogens with zero attached hydrogens (tertiary/aromatic N) is 2. The van der Waals surface area contributed by atoms with Gasteiger partial charge in [0.05, 0.1) is 12.7 Å². The lowest BCUT2D eigenvalue weighted by Crippen LogP contribution is -2.49. The summed E-state index contributed by atoms with van der Waals surface area (Å²) in [4.78, 5) is 5.18. The first-order valence-corrected chi connectivity index (χ1v) is 8.16. The molecule has 3 fully saturated rings. The fraction of sp³-hybridized carbons (Fsp3) is 1.00. The molecule has 2 aliphatic heterocycles. The van der Waals surface area contributed by atoms with Crippen molar-refractivity contribution < 1.29 is 4.74 Å². The minimum absolute atomic E-state index is 0.426. The van der Waals surface area contributed by atoms with Crippen LogP contribution in [0.25, 0.3) is 0 Å². The van der Waals surface area contributed by atoms with Crippen molar-refractivity contribution in [2.75, 3.05) is 45.9 Å². The molecule has 4 heteroatoms. The van der Waals surface area contributed by atoms with Crippen molar-refractivity contribution in [2.24, 2.45) is 0 Å². The Kier molecular flexibility index (Phi) is 4.74. The van der Waals surface area contributed by atoms with Gasteiger partial charge in [-0.3, -0.25) is 9.80 Å². The first kappa shape index (κ1) is 13.8. The van der Waals surface area contributed by atoms with Gasteiger partial charge in [-0.2, -0.15) is 0 Å². The number of rotatable bonds is 6. The third-order valence-electron chi connectivity index (χ3n) is 4.83. The molecule has 19 heavy (non-hydrogen) atoms. The summed E-state index contributed by atoms with van der Waals surface area (Å²) in [6.07, 6.45) is 5.94. The second-order valence-corrected chi connectivity index (χ2v) is 6.36. The van der Waals surface area contributed by atoms with E-state index in [0.717, 1.165) is 44.9 Å². The highest BCUT2D eigenvalue weighted by atomic mass is 16.5. The van der Waals surface area contributed by atoms with Gasteiger partial charge in [-0.15, -0.1) is 0 Å². The van der Waals surface area contributed by atoms with Gasteiger partial charge >= 0.3 is 0 Å². The molecular formula is C15H29N3O. The van der Waals surface area contributed by atoms with E-state index in [1.165, 1.54) is 38.8 Å². The molecular weight excluding hydrogens is 238 g/mol. The van der Waals surface area contributed by atoms with Crippen LogP contribution in [0.4, 0.5) is 0 Å². The van der Waals surface area contributed by atoms with E-state index in [4.69, 9.17) is 4.74 Å². The van der Waals surface area contributed by atoms with Gasteiger partial charge in [-0.05, 0) is 38.8 Å². The van der Waals surface area contributed by atoms with Crippen LogP contribution in [0.2, 0.25) is 0 Å². The summed E-state index contributed by atoms with van der Waals surface area (Å²) in [6, 6.07) is 1.59. The predicted octanol–water partition coefficient (Wildman–Crippen LogP) is 0.924. The molecule has 0 spiro atoms. The molecule has 4 nitrogen and oxygen atoms in total. The smallest absolute Gasteiger partial charge is 0.0829 e. The maximum atomic E-state index is 5.95. The highest BCUT2D eigenvalue weighted by molar-refractivity contribution is 4.88. The third-order valence-corrected chi connectivity index (χ3v) is 4.83. The summed E-state index contributed by atoms with van der Waals surface area (Å²) >= 11 is 0. The molecule has 2 heterocycles. The molecule has 110 valence electrons. The highest BCUT2D eigenvalue weighted by Gasteiger charge is 2.30. The van der Waals surface area contributed by atoms with Gasteiger partial charge in [0.15, 0.2) is 0 Å². The molecule has 0 bridgehead atoms. The topological polar surface area (TPSA) is 27.7 Å². The predicted molar refractivity (Wildman–Crippen MR) is 77.5 cm³/mol. The molecule has 1 saturated carbocycles. The van der Waals surface area contributed by atoms with E-state index in [9.17, 15) is 0 Å². The van der Waals surface area contributed by atoms with E-state index in [2.05, 4.69) is 22.0 Å². The molecule has 0 aromatic rings. The molecule has 2 saturated heterocycles. The Morgan fingerprint density at radius 1 is 1.21 bits per heavy atom. The van der Waals surface area contributed by atoms with Gasteiger partial charge in [0.1, 0.15) is 0 Å². The zero-order chi connectivity index (χ0) is 13.1. The lowest BCUT2D eigenvalue weighted by Gasteiger charge is -2.35. The van der Waals surface area contributed by atoms with Crippen LogP contribution in [0, 0.1) is 0 Å². The van der Waals surface area contributed by atoms with Gasteiger partial charge in [-0.25, -0.2) is 0 Å². The average molecular weight is 267 g/mol. The minimum atomic E-state index is 0.426. The quantitative estimate of drug-likeness (QED) is 0.775. The van der Waals surface area contributed by atoms with Crippen LogP contribution in [-0.4, -0.2) is 73.9 Å². The van der Waals surface area contributed by atoms with Crippen LogP contribution in [0.3, 0.4) is 0 Å². The number of nitrogens with one attached hydrogen (secondary N) is 1. The fourth-order valence-electron chi connectivity index (χ4n) is 3.40. The van der Waals surface area contributed by atoms with Crippen molar-refractivity contribution in [1.82, 2.24) is 15.1 Å². The summed E-state index contributed by atoms with van der Waals surface area (Å²) in [5.41, 5.74) is 0. The number of likely N-dealkylation sites (N-methyl/N-ethyl adjacent to an activating group) is 1. The van der Waals surface area contributed by atoms with Crippen molar-refractivity contribution in [3.05, 3.63) is 0 Å². The van der Waals surface area contributed by atoms with E-state index in [1.807, 2.05) is 0 Å². The molecule has 0 amide bonds. The van der Waals surface area contributed by atoms with Gasteiger partial charge < -0.3 is 10.1 Å². The largest absolute Gasteiger partial charge is 0.374 e. The van der Waals surface area contributed by atoms with Crippen LogP contribution in [0.5, 0.6) is 0 Å². The molecule has 1 N–H and O–H groups in total. The van der Waals surface area contributed by atoms with Gasteiger partial charge in [-0.1, -0.05) is 6.92 Å². The van der Waals surface area contributed by atoms with E-state index >= 15 is 0 Å². The van der Waals surface area contributed by atoms with Crippen molar-refractivity contribution >= 4 is 0 Å². The minimum Gasteiger partial charge on any atom is -0.374 e. The summed E-state index contributed by atoms with van der Waals surface area (Å²) < 4.78 is 5.95. The van der Waals surface area contributed by atoms with E-state index in [-0.39, 0.29) is 0 Å². The monoisotopic (exact) mass is 267 g/mol. The first-order chi connectivity index (χ1) is 9.35. The molecule has 3 rings (SSSR count). The lowest BCUT2D eigenvalue weighted by atomic mass is 10.2. The first-order valence-electron chi connectivity index (χ1n) is 8.16. The van der Waals surface area contributed by atoms with Crippen LogP contribution in [-0.2, 0) is 4.74 Å². The molecule has 2 unspecified atom stereocenters. The van der Waals surface area contributed by atoms with Gasteiger partial charge in [0, 0.05) is 38.3 Å². The molecule has 3 aliphatic rings. The maximum Gasteiger partial charge on any atom is 0.0829 e. The van der Waals surface area contributed by atoms with Crippen molar-refractivity contribution in [2.45, 2.75) is 50.8 Å². The fourth-order valence-corrected chi connectivity index (χ4v) is 3.40. The standard InChI is InChI=1S/C15H29N3O/c1-2-17-8-9-19-15(11-17)12-18-7-3-4-14(18)10-16-13-5-6-13/h13-16H,2-12H2,1H3. The van der Waals surface area contributed by atoms with Crippen molar-refractivity contribution in [3.8, 4) is 0 Å². The summed E-state index contributed by atoms with van der Waals surface area (Å²) in [6.45, 7) is 10.1. The van der Waals surface area contributed by atoms with Crippen LogP contribution in [0.15, 0.2) is 0 Å². The lowest BCUT2D eigenvalue weighted by molar-refractivity contribution is -0.0432. The Labute approximate surface area is 117 Å².